The summed E-state index contributed by atoms with van der Waals surface area (Å²) >= 11 is 9.74. The molecule has 0 heterocycles. The minimum Gasteiger partial charge on any atom is -0.381 e. The summed E-state index contributed by atoms with van der Waals surface area (Å²) < 4.78 is 1.11. The normalized spacial score (nSPS) is 19.5. The smallest absolute Gasteiger partial charge is 0.0501 e. The van der Waals surface area contributed by atoms with Crippen molar-refractivity contribution in [2.75, 3.05) is 5.32 Å². The molecule has 0 saturated heterocycles. The number of hydrogen-bond acceptors (Lipinski definition) is 1. The van der Waals surface area contributed by atoms with Crippen molar-refractivity contribution in [3.63, 3.8) is 0 Å². The highest BCUT2D eigenvalue weighted by Crippen LogP contribution is 2.28. The van der Waals surface area contributed by atoms with Crippen molar-refractivity contribution in [1.29, 1.82) is 0 Å². The third-order valence-electron chi connectivity index (χ3n) is 4.39. The van der Waals surface area contributed by atoms with Gasteiger partial charge in [-0.15, -0.1) is 0 Å². The van der Waals surface area contributed by atoms with Crippen molar-refractivity contribution in [3.05, 3.63) is 27.7 Å². The second-order valence-electron chi connectivity index (χ2n) is 6.22. The van der Waals surface area contributed by atoms with Gasteiger partial charge in [-0.2, -0.15) is 0 Å². The average Bonchev–Trinajstić information content (AvgIpc) is 2.45. The lowest BCUT2D eigenvalue weighted by molar-refractivity contribution is 0.480. The average molecular weight is 373 g/mol. The van der Waals surface area contributed by atoms with E-state index in [4.69, 9.17) is 11.6 Å². The van der Waals surface area contributed by atoms with E-state index in [-0.39, 0.29) is 0 Å². The molecule has 1 aliphatic rings. The van der Waals surface area contributed by atoms with E-state index >= 15 is 0 Å². The van der Waals surface area contributed by atoms with Crippen molar-refractivity contribution >= 4 is 33.2 Å². The molecule has 1 saturated carbocycles. The molecule has 0 unspecified atom stereocenters. The minimum absolute atomic E-state index is 0.583. The van der Waals surface area contributed by atoms with Crippen LogP contribution in [0.5, 0.6) is 0 Å². The van der Waals surface area contributed by atoms with Crippen molar-refractivity contribution in [2.45, 2.75) is 76.7 Å². The van der Waals surface area contributed by atoms with Crippen LogP contribution in [0, 0.1) is 0 Å². The minimum atomic E-state index is 0.583. The molecular weight excluding hydrogens is 346 g/mol. The summed E-state index contributed by atoms with van der Waals surface area (Å²) in [5.74, 6) is 0. The summed E-state index contributed by atoms with van der Waals surface area (Å²) in [6.45, 7) is 0. The number of hydrogen-bond donors (Lipinski definition) is 1. The molecular formula is C18H27BrClN. The molecule has 1 aromatic carbocycles. The van der Waals surface area contributed by atoms with Crippen molar-refractivity contribution in [1.82, 2.24) is 0 Å². The monoisotopic (exact) mass is 371 g/mol. The fourth-order valence-corrected chi connectivity index (χ4v) is 3.67. The molecule has 3 heteroatoms. The van der Waals surface area contributed by atoms with Gasteiger partial charge in [0.1, 0.15) is 0 Å². The summed E-state index contributed by atoms with van der Waals surface area (Å²) in [6, 6.07) is 6.57. The molecule has 1 fully saturated rings. The highest BCUT2D eigenvalue weighted by molar-refractivity contribution is 9.10. The van der Waals surface area contributed by atoms with E-state index in [0.717, 1.165) is 15.2 Å². The van der Waals surface area contributed by atoms with Crippen LogP contribution in [0.4, 0.5) is 5.69 Å². The zero-order chi connectivity index (χ0) is 14.9. The Morgan fingerprint density at radius 3 is 1.95 bits per heavy atom. The number of nitrogens with one attached hydrogen (secondary N) is 1. The number of anilines is 1. The van der Waals surface area contributed by atoms with Crippen LogP contribution in [0.2, 0.25) is 5.02 Å². The van der Waals surface area contributed by atoms with Gasteiger partial charge >= 0.3 is 0 Å². The Kier molecular flexibility index (Phi) is 7.95. The van der Waals surface area contributed by atoms with E-state index in [1.165, 1.54) is 70.6 Å². The molecule has 0 bridgehead atoms. The molecule has 0 aliphatic heterocycles. The van der Waals surface area contributed by atoms with E-state index in [0.29, 0.717) is 6.04 Å². The third kappa shape index (κ3) is 6.61. The topological polar surface area (TPSA) is 12.0 Å². The summed E-state index contributed by atoms with van der Waals surface area (Å²) in [5.41, 5.74) is 1.14. The largest absolute Gasteiger partial charge is 0.381 e. The number of benzene rings is 1. The lowest BCUT2D eigenvalue weighted by Gasteiger charge is -2.21. The van der Waals surface area contributed by atoms with Crippen molar-refractivity contribution in [2.24, 2.45) is 0 Å². The van der Waals surface area contributed by atoms with Crippen LogP contribution in [-0.2, 0) is 0 Å². The van der Waals surface area contributed by atoms with Gasteiger partial charge < -0.3 is 5.32 Å². The molecule has 1 N–H and O–H groups in total. The molecule has 2 rings (SSSR count). The van der Waals surface area contributed by atoms with Gasteiger partial charge in [0.25, 0.3) is 0 Å². The Morgan fingerprint density at radius 2 is 1.38 bits per heavy atom. The fraction of sp³-hybridized carbons (Fsp3) is 0.667. The molecule has 0 spiro atoms. The maximum absolute atomic E-state index is 6.12. The van der Waals surface area contributed by atoms with E-state index in [9.17, 15) is 0 Å². The van der Waals surface area contributed by atoms with Gasteiger partial charge in [-0.3, -0.25) is 0 Å². The molecule has 118 valence electrons. The maximum Gasteiger partial charge on any atom is 0.0501 e. The zero-order valence-corrected chi connectivity index (χ0v) is 15.2. The lowest BCUT2D eigenvalue weighted by atomic mass is 9.98. The SMILES string of the molecule is Clc1ccc(Br)c(NC2CCCCCCCCCCC2)c1. The molecule has 1 aromatic rings. The van der Waals surface area contributed by atoms with E-state index in [1.54, 1.807) is 0 Å². The summed E-state index contributed by atoms with van der Waals surface area (Å²) in [7, 11) is 0. The van der Waals surface area contributed by atoms with Crippen LogP contribution in [0.25, 0.3) is 0 Å². The molecule has 1 nitrogen and oxygen atoms in total. The Balaban J connectivity index is 1.92. The first-order valence-corrected chi connectivity index (χ1v) is 9.64. The van der Waals surface area contributed by atoms with Gasteiger partial charge in [-0.05, 0) is 47.0 Å². The first kappa shape index (κ1) is 17.1. The predicted octanol–water partition coefficient (Wildman–Crippen LogP) is 7.19. The number of halogens is 2. The van der Waals surface area contributed by atoms with Crippen LogP contribution in [-0.4, -0.2) is 6.04 Å². The fourth-order valence-electron chi connectivity index (χ4n) is 3.14. The molecule has 0 radical (unpaired) electrons. The Morgan fingerprint density at radius 1 is 0.857 bits per heavy atom. The Bertz CT molecular complexity index is 410. The Labute approximate surface area is 143 Å². The van der Waals surface area contributed by atoms with Gasteiger partial charge in [-0.25, -0.2) is 0 Å². The first-order valence-electron chi connectivity index (χ1n) is 8.47. The molecule has 1 aliphatic carbocycles. The molecule has 0 atom stereocenters. The van der Waals surface area contributed by atoms with Gasteiger partial charge in [-0.1, -0.05) is 69.4 Å². The Hall–Kier alpha value is -0.210. The maximum atomic E-state index is 6.12. The van der Waals surface area contributed by atoms with Crippen molar-refractivity contribution < 1.29 is 0 Å². The highest BCUT2D eigenvalue weighted by atomic mass is 79.9. The quantitative estimate of drug-likeness (QED) is 0.579. The summed E-state index contributed by atoms with van der Waals surface area (Å²) in [4.78, 5) is 0. The van der Waals surface area contributed by atoms with Crippen LogP contribution in [0.1, 0.15) is 70.6 Å². The van der Waals surface area contributed by atoms with E-state index < -0.39 is 0 Å². The van der Waals surface area contributed by atoms with Crippen LogP contribution in [0.15, 0.2) is 22.7 Å². The molecule has 0 amide bonds. The van der Waals surface area contributed by atoms with E-state index in [2.05, 4.69) is 21.2 Å². The first-order chi connectivity index (χ1) is 10.3. The standard InChI is InChI=1S/C18H27BrClN/c19-17-13-12-15(20)14-18(17)21-16-10-8-6-4-2-1-3-5-7-9-11-16/h12-14,16,21H,1-11H2. The third-order valence-corrected chi connectivity index (χ3v) is 5.32. The van der Waals surface area contributed by atoms with Crippen LogP contribution in [0.3, 0.4) is 0 Å². The van der Waals surface area contributed by atoms with Gasteiger partial charge in [0.2, 0.25) is 0 Å². The van der Waals surface area contributed by atoms with Crippen LogP contribution >= 0.6 is 27.5 Å². The van der Waals surface area contributed by atoms with Crippen LogP contribution < -0.4 is 5.32 Å². The second-order valence-corrected chi connectivity index (χ2v) is 7.52. The lowest BCUT2D eigenvalue weighted by Crippen LogP contribution is -2.20. The second kappa shape index (κ2) is 9.74. The highest BCUT2D eigenvalue weighted by Gasteiger charge is 2.11. The summed E-state index contributed by atoms with van der Waals surface area (Å²) in [5, 5.41) is 4.51. The zero-order valence-electron chi connectivity index (χ0n) is 12.8. The van der Waals surface area contributed by atoms with Gasteiger partial charge in [0, 0.05) is 15.5 Å². The summed E-state index contributed by atoms with van der Waals surface area (Å²) in [6.07, 6.45) is 15.1. The number of rotatable bonds is 2. The van der Waals surface area contributed by atoms with E-state index in [1.807, 2.05) is 18.2 Å². The van der Waals surface area contributed by atoms with Gasteiger partial charge in [0.05, 0.1) is 5.69 Å². The van der Waals surface area contributed by atoms with Gasteiger partial charge in [0.15, 0.2) is 0 Å². The molecule has 21 heavy (non-hydrogen) atoms. The van der Waals surface area contributed by atoms with Crippen molar-refractivity contribution in [3.8, 4) is 0 Å². The predicted molar refractivity (Wildman–Crippen MR) is 97.3 cm³/mol. The molecule has 0 aromatic heterocycles.